The first kappa shape index (κ1) is 32.4. The molecular weight excluding hydrogens is 452 g/mol. The Hall–Kier alpha value is -1.27. The summed E-state index contributed by atoms with van der Waals surface area (Å²) in [5.74, 6) is -3.68. The second-order valence-electron chi connectivity index (χ2n) is 5.19. The molecule has 172 valence electrons. The van der Waals surface area contributed by atoms with Crippen molar-refractivity contribution in [1.29, 1.82) is 0 Å². The van der Waals surface area contributed by atoms with Gasteiger partial charge in [0.2, 0.25) is 0 Å². The molecule has 0 fully saturated rings. The number of carboxylic acid groups (broad SMARTS) is 4. The van der Waals surface area contributed by atoms with Gasteiger partial charge in [-0.2, -0.15) is 12.6 Å². The summed E-state index contributed by atoms with van der Waals surface area (Å²) >= 11 is 3.65. The van der Waals surface area contributed by atoms with Gasteiger partial charge >= 0.3 is 23.9 Å². The Bertz CT molecular complexity index is 492. The van der Waals surface area contributed by atoms with Crippen LogP contribution in [0.5, 0.6) is 0 Å². The van der Waals surface area contributed by atoms with Crippen molar-refractivity contribution < 1.29 is 44.7 Å². The normalized spacial score (nSPS) is 15.1. The van der Waals surface area contributed by atoms with Crippen molar-refractivity contribution in [2.24, 2.45) is 22.9 Å². The van der Waals surface area contributed by atoms with Crippen LogP contribution in [0, 0.1) is 0 Å². The van der Waals surface area contributed by atoms with Crippen LogP contribution >= 0.6 is 34.2 Å². The lowest BCUT2D eigenvalue weighted by Crippen LogP contribution is -2.39. The minimum Gasteiger partial charge on any atom is -0.480 e. The van der Waals surface area contributed by atoms with Gasteiger partial charge in [-0.3, -0.25) is 19.2 Å². The molecule has 0 radical (unpaired) electrons. The summed E-state index contributed by atoms with van der Waals surface area (Å²) in [6.07, 6.45) is -0.979. The molecule has 0 aliphatic heterocycles. The maximum Gasteiger partial charge on any atom is 0.323 e. The van der Waals surface area contributed by atoms with Gasteiger partial charge in [-0.15, -0.1) is 0 Å². The van der Waals surface area contributed by atoms with E-state index in [1.807, 2.05) is 0 Å². The Morgan fingerprint density at radius 1 is 0.759 bits per heavy atom. The van der Waals surface area contributed by atoms with Crippen LogP contribution in [0.15, 0.2) is 0 Å². The molecule has 16 heteroatoms. The molecule has 0 aromatic heterocycles. The maximum atomic E-state index is 10.3. The summed E-state index contributed by atoms with van der Waals surface area (Å²) in [5.41, 5.74) is 20.3. The maximum absolute atomic E-state index is 10.3. The number of carbonyl (C=O) groups is 4. The fraction of sp³-hybridized carbons (Fsp3) is 0.692. The van der Waals surface area contributed by atoms with Gasteiger partial charge in [-0.25, -0.2) is 0 Å². The minimum absolute atomic E-state index is 0.190. The number of nitrogens with two attached hydrogens (primary N) is 4. The van der Waals surface area contributed by atoms with Crippen LogP contribution in [0.2, 0.25) is 0 Å². The van der Waals surface area contributed by atoms with Gasteiger partial charge in [0.05, 0.1) is 6.10 Å². The van der Waals surface area contributed by atoms with Crippen LogP contribution in [0.4, 0.5) is 0 Å². The van der Waals surface area contributed by atoms with E-state index in [0.29, 0.717) is 0 Å². The summed E-state index contributed by atoms with van der Waals surface area (Å²) in [6.45, 7) is 1.33. The van der Waals surface area contributed by atoms with Crippen LogP contribution in [-0.2, 0) is 19.2 Å². The Morgan fingerprint density at radius 3 is 1.17 bits per heavy atom. The molecule has 0 aliphatic carbocycles. The van der Waals surface area contributed by atoms with Crippen molar-refractivity contribution >= 4 is 58.1 Å². The van der Waals surface area contributed by atoms with Crippen LogP contribution in [0.1, 0.15) is 6.92 Å². The lowest BCUT2D eigenvalue weighted by Gasteiger charge is -2.07. The molecule has 0 aromatic carbocycles. The second kappa shape index (κ2) is 18.7. The fourth-order valence-electron chi connectivity index (χ4n) is 0.670. The molecule has 0 spiro atoms. The highest BCUT2D eigenvalue weighted by atomic mass is 33.1. The summed E-state index contributed by atoms with van der Waals surface area (Å²) in [7, 11) is 2.41. The molecule has 0 saturated carbocycles. The fourth-order valence-corrected chi connectivity index (χ4v) is 3.05. The molecule has 0 bridgehead atoms. The van der Waals surface area contributed by atoms with Crippen molar-refractivity contribution in [1.82, 2.24) is 0 Å². The zero-order valence-corrected chi connectivity index (χ0v) is 18.0. The van der Waals surface area contributed by atoms with Gasteiger partial charge in [-0.1, -0.05) is 21.6 Å². The van der Waals surface area contributed by atoms with E-state index in [4.69, 9.17) is 48.5 Å². The van der Waals surface area contributed by atoms with Crippen LogP contribution in [-0.4, -0.2) is 96.9 Å². The Kier molecular flexibility index (Phi) is 20.9. The first-order valence-electron chi connectivity index (χ1n) is 7.65. The van der Waals surface area contributed by atoms with E-state index in [2.05, 4.69) is 12.6 Å². The topological polar surface area (TPSA) is 274 Å². The van der Waals surface area contributed by atoms with Gasteiger partial charge < -0.3 is 48.5 Å². The largest absolute Gasteiger partial charge is 0.480 e. The Morgan fingerprint density at radius 2 is 1.07 bits per heavy atom. The third-order valence-corrected chi connectivity index (χ3v) is 5.40. The van der Waals surface area contributed by atoms with E-state index in [9.17, 15) is 19.2 Å². The monoisotopic (exact) mass is 480 g/mol. The average molecular weight is 481 g/mol. The van der Waals surface area contributed by atoms with Crippen molar-refractivity contribution in [3.8, 4) is 0 Å². The van der Waals surface area contributed by atoms with Crippen LogP contribution in [0.3, 0.4) is 0 Å². The highest BCUT2D eigenvalue weighted by molar-refractivity contribution is 8.76. The van der Waals surface area contributed by atoms with Crippen molar-refractivity contribution in [3.05, 3.63) is 0 Å². The van der Waals surface area contributed by atoms with Crippen LogP contribution in [0.25, 0.3) is 0 Å². The molecule has 13 nitrogen and oxygen atoms in total. The SMILES string of the molecule is C[C@@H](O)[C@H](N)C(=O)O.NC(CSSC[C@H](N)C(=O)O)C(=O)O.N[C@@H](CS)C(=O)O. The van der Waals surface area contributed by atoms with E-state index >= 15 is 0 Å². The summed E-state index contributed by atoms with van der Waals surface area (Å²) in [5, 5.41) is 41.4. The molecule has 13 N–H and O–H groups in total. The predicted octanol–water partition coefficient (Wildman–Crippen LogP) is -2.70. The Balaban J connectivity index is -0.000000383. The highest BCUT2D eigenvalue weighted by Crippen LogP contribution is 2.22. The van der Waals surface area contributed by atoms with E-state index in [1.54, 1.807) is 0 Å². The molecule has 0 saturated heterocycles. The third kappa shape index (κ3) is 21.3. The van der Waals surface area contributed by atoms with E-state index in [-0.39, 0.29) is 17.3 Å². The van der Waals surface area contributed by atoms with Crippen molar-refractivity contribution in [2.45, 2.75) is 37.2 Å². The van der Waals surface area contributed by atoms with E-state index < -0.39 is 54.1 Å². The number of hydrogen-bond acceptors (Lipinski definition) is 12. The molecule has 0 rings (SSSR count). The number of hydrogen-bond donors (Lipinski definition) is 10. The molecule has 0 amide bonds. The molecule has 29 heavy (non-hydrogen) atoms. The van der Waals surface area contributed by atoms with Crippen LogP contribution < -0.4 is 22.9 Å². The van der Waals surface area contributed by atoms with Gasteiger partial charge in [-0.05, 0) is 6.92 Å². The lowest BCUT2D eigenvalue weighted by atomic mass is 10.2. The van der Waals surface area contributed by atoms with E-state index in [1.165, 1.54) is 28.5 Å². The molecular formula is C13H28N4O9S3. The number of aliphatic hydroxyl groups is 1. The molecule has 0 heterocycles. The van der Waals surface area contributed by atoms with E-state index in [0.717, 1.165) is 0 Å². The molecule has 1 unspecified atom stereocenters. The Labute approximate surface area is 180 Å². The lowest BCUT2D eigenvalue weighted by molar-refractivity contribution is -0.141. The highest BCUT2D eigenvalue weighted by Gasteiger charge is 2.16. The second-order valence-corrected chi connectivity index (χ2v) is 8.11. The van der Waals surface area contributed by atoms with Crippen molar-refractivity contribution in [2.75, 3.05) is 17.3 Å². The minimum atomic E-state index is -1.18. The number of carboxylic acids is 4. The summed E-state index contributed by atoms with van der Waals surface area (Å²) in [6, 6.07) is -3.82. The van der Waals surface area contributed by atoms with Gasteiger partial charge in [0.25, 0.3) is 0 Å². The van der Waals surface area contributed by atoms with Gasteiger partial charge in [0.1, 0.15) is 24.2 Å². The number of rotatable bonds is 11. The quantitative estimate of drug-likeness (QED) is 0.0817. The smallest absolute Gasteiger partial charge is 0.323 e. The number of thiol groups is 1. The molecule has 0 aromatic rings. The standard InChI is InChI=1S/C6H12N2O4S2.C4H9NO3.C3H7NO2S/c7-3(5(9)10)1-13-14-2-4(8)6(11)12;1-2(6)3(5)4(7)8;4-2(1-7)3(5)6/h3-4H,1-2,7-8H2,(H,9,10)(H,11,12);2-3,6H,5H2,1H3,(H,7,8);2,7H,1,4H2,(H,5,6)/t3-,4?;2-,3+;2-/m010/s1. The number of aliphatic hydroxyl groups excluding tert-OH is 1. The summed E-state index contributed by atoms with van der Waals surface area (Å²) < 4.78 is 0. The molecule has 5 atom stereocenters. The molecule has 0 aliphatic rings. The first-order valence-corrected chi connectivity index (χ1v) is 10.8. The third-order valence-electron chi connectivity index (χ3n) is 2.53. The zero-order chi connectivity index (χ0) is 23.7. The summed E-state index contributed by atoms with van der Waals surface area (Å²) in [4.78, 5) is 40.2. The van der Waals surface area contributed by atoms with Crippen molar-refractivity contribution in [3.63, 3.8) is 0 Å². The predicted molar refractivity (Wildman–Crippen MR) is 113 cm³/mol. The average Bonchev–Trinajstić information content (AvgIpc) is 2.63. The zero-order valence-electron chi connectivity index (χ0n) is 15.5. The van der Waals surface area contributed by atoms with Gasteiger partial charge in [0, 0.05) is 17.3 Å². The first-order chi connectivity index (χ1) is 13.2. The van der Waals surface area contributed by atoms with Gasteiger partial charge in [0.15, 0.2) is 0 Å². The number of aliphatic carboxylic acids is 4.